The molecule has 114 valence electrons. The van der Waals surface area contributed by atoms with Crippen molar-refractivity contribution < 1.29 is 14.7 Å². The summed E-state index contributed by atoms with van der Waals surface area (Å²) in [6.07, 6.45) is 5.36. The number of fused-ring (bicyclic) bond motifs is 1. The molecule has 2 heterocycles. The third-order valence-corrected chi connectivity index (χ3v) is 5.45. The second-order valence-corrected chi connectivity index (χ2v) is 6.57. The normalized spacial score (nSPS) is 28.4. The molecular weight excluding hydrogens is 290 g/mol. The average molecular weight is 309 g/mol. The molecule has 1 aromatic rings. The Morgan fingerprint density at radius 2 is 2.14 bits per heavy atom. The summed E-state index contributed by atoms with van der Waals surface area (Å²) >= 11 is 1.08. The van der Waals surface area contributed by atoms with Crippen molar-refractivity contribution in [2.24, 2.45) is 5.92 Å². The summed E-state index contributed by atoms with van der Waals surface area (Å²) in [6, 6.07) is -0.628. The summed E-state index contributed by atoms with van der Waals surface area (Å²) in [4.78, 5) is 26.5. The van der Waals surface area contributed by atoms with Gasteiger partial charge in [-0.25, -0.2) is 4.79 Å². The lowest BCUT2D eigenvalue weighted by Crippen LogP contribution is -2.46. The number of carboxylic acids is 1. The first-order chi connectivity index (χ1) is 10.1. The van der Waals surface area contributed by atoms with E-state index in [9.17, 15) is 14.7 Å². The summed E-state index contributed by atoms with van der Waals surface area (Å²) in [5.41, 5.74) is 0.674. The number of nitrogens with zero attached hydrogens (tertiary/aromatic N) is 3. The first-order valence-electron chi connectivity index (χ1n) is 7.50. The molecule has 1 aliphatic carbocycles. The second kappa shape index (κ2) is 5.71. The first kappa shape index (κ1) is 14.4. The quantitative estimate of drug-likeness (QED) is 0.922. The predicted octanol–water partition coefficient (Wildman–Crippen LogP) is 1.96. The Labute approximate surface area is 127 Å². The van der Waals surface area contributed by atoms with Gasteiger partial charge in [-0.1, -0.05) is 24.3 Å². The van der Waals surface area contributed by atoms with Crippen LogP contribution in [0.4, 0.5) is 0 Å². The Bertz CT molecular complexity index is 559. The van der Waals surface area contributed by atoms with Gasteiger partial charge < -0.3 is 10.0 Å². The Morgan fingerprint density at radius 1 is 1.38 bits per heavy atom. The molecule has 1 aromatic heterocycles. The molecule has 0 bridgehead atoms. The van der Waals surface area contributed by atoms with Gasteiger partial charge >= 0.3 is 5.97 Å². The van der Waals surface area contributed by atoms with E-state index in [0.717, 1.165) is 37.2 Å². The van der Waals surface area contributed by atoms with Gasteiger partial charge in [0.05, 0.1) is 5.69 Å². The summed E-state index contributed by atoms with van der Waals surface area (Å²) < 4.78 is 3.86. The zero-order valence-electron chi connectivity index (χ0n) is 12.0. The molecule has 1 saturated heterocycles. The maximum absolute atomic E-state index is 12.9. The van der Waals surface area contributed by atoms with Crippen molar-refractivity contribution in [2.75, 3.05) is 0 Å². The molecule has 2 fully saturated rings. The Balaban J connectivity index is 1.93. The minimum absolute atomic E-state index is 0.0687. The highest BCUT2D eigenvalue weighted by atomic mass is 32.1. The number of hydrogen-bond donors (Lipinski definition) is 1. The first-order valence-corrected chi connectivity index (χ1v) is 8.27. The van der Waals surface area contributed by atoms with E-state index in [2.05, 4.69) is 9.59 Å². The highest BCUT2D eigenvalue weighted by Crippen LogP contribution is 2.40. The van der Waals surface area contributed by atoms with Gasteiger partial charge in [0.25, 0.3) is 5.91 Å². The zero-order chi connectivity index (χ0) is 15.0. The maximum Gasteiger partial charge on any atom is 0.326 e. The van der Waals surface area contributed by atoms with Gasteiger partial charge in [0.2, 0.25) is 0 Å². The fraction of sp³-hybridized carbons (Fsp3) is 0.714. The molecule has 2 aliphatic rings. The van der Waals surface area contributed by atoms with E-state index in [1.165, 1.54) is 0 Å². The smallest absolute Gasteiger partial charge is 0.326 e. The van der Waals surface area contributed by atoms with Crippen LogP contribution < -0.4 is 0 Å². The van der Waals surface area contributed by atoms with Crippen molar-refractivity contribution >= 4 is 23.4 Å². The van der Waals surface area contributed by atoms with Crippen LogP contribution in [0.2, 0.25) is 0 Å². The van der Waals surface area contributed by atoms with Crippen LogP contribution in [0, 0.1) is 5.92 Å². The van der Waals surface area contributed by atoms with Crippen molar-refractivity contribution in [3.8, 4) is 0 Å². The van der Waals surface area contributed by atoms with E-state index in [4.69, 9.17) is 0 Å². The van der Waals surface area contributed by atoms with Gasteiger partial charge in [-0.15, -0.1) is 5.10 Å². The number of aryl methyl sites for hydroxylation is 1. The van der Waals surface area contributed by atoms with Crippen molar-refractivity contribution in [1.82, 2.24) is 14.5 Å². The highest BCUT2D eigenvalue weighted by Gasteiger charge is 2.48. The Kier molecular flexibility index (Phi) is 3.93. The summed E-state index contributed by atoms with van der Waals surface area (Å²) in [7, 11) is 0. The molecular formula is C14H19N3O3S. The second-order valence-electron chi connectivity index (χ2n) is 5.82. The average Bonchev–Trinajstić information content (AvgIpc) is 3.10. The summed E-state index contributed by atoms with van der Waals surface area (Å²) in [6.45, 7) is 1.93. The number of aromatic nitrogens is 2. The number of likely N-dealkylation sites (tertiary alicyclic amines) is 1. The Hall–Kier alpha value is -1.50. The number of hydrogen-bond acceptors (Lipinski definition) is 5. The number of amides is 1. The van der Waals surface area contributed by atoms with Crippen molar-refractivity contribution in [3.05, 3.63) is 10.6 Å². The minimum atomic E-state index is -0.895. The van der Waals surface area contributed by atoms with E-state index < -0.39 is 12.0 Å². The van der Waals surface area contributed by atoms with Crippen LogP contribution in [0.3, 0.4) is 0 Å². The monoisotopic (exact) mass is 309 g/mol. The van der Waals surface area contributed by atoms with Gasteiger partial charge in [-0.3, -0.25) is 4.79 Å². The predicted molar refractivity (Wildman–Crippen MR) is 77.2 cm³/mol. The molecule has 1 aliphatic heterocycles. The van der Waals surface area contributed by atoms with Crippen LogP contribution in [-0.4, -0.2) is 43.6 Å². The minimum Gasteiger partial charge on any atom is -0.480 e. The number of rotatable bonds is 3. The van der Waals surface area contributed by atoms with Crippen LogP contribution >= 0.6 is 11.5 Å². The van der Waals surface area contributed by atoms with Crippen LogP contribution in [0.15, 0.2) is 0 Å². The molecule has 1 saturated carbocycles. The molecule has 6 nitrogen and oxygen atoms in total. The number of carbonyl (C=O) groups excluding carboxylic acids is 1. The van der Waals surface area contributed by atoms with Gasteiger partial charge in [0.15, 0.2) is 0 Å². The highest BCUT2D eigenvalue weighted by molar-refractivity contribution is 7.08. The lowest BCUT2D eigenvalue weighted by molar-refractivity contribution is -0.141. The maximum atomic E-state index is 12.9. The third kappa shape index (κ3) is 2.43. The molecule has 3 rings (SSSR count). The van der Waals surface area contributed by atoms with Gasteiger partial charge in [-0.2, -0.15) is 0 Å². The summed E-state index contributed by atoms with van der Waals surface area (Å²) in [5, 5.41) is 13.5. The molecule has 7 heteroatoms. The zero-order valence-corrected chi connectivity index (χ0v) is 12.8. The van der Waals surface area contributed by atoms with Crippen LogP contribution in [0.25, 0.3) is 0 Å². The molecule has 0 aromatic carbocycles. The fourth-order valence-corrected chi connectivity index (χ4v) is 4.39. The van der Waals surface area contributed by atoms with Crippen molar-refractivity contribution in [1.29, 1.82) is 0 Å². The van der Waals surface area contributed by atoms with E-state index in [-0.39, 0.29) is 11.9 Å². The summed E-state index contributed by atoms with van der Waals surface area (Å²) in [5.74, 6) is -0.758. The van der Waals surface area contributed by atoms with E-state index in [1.807, 2.05) is 6.92 Å². The van der Waals surface area contributed by atoms with Gasteiger partial charge in [0, 0.05) is 6.04 Å². The lowest BCUT2D eigenvalue weighted by atomic mass is 9.84. The molecule has 1 N–H and O–H groups in total. The van der Waals surface area contributed by atoms with Crippen LogP contribution in [0.5, 0.6) is 0 Å². The standard InChI is InChI=1S/C14H19N3O3S/c1-2-9-12(21-16-15-9)13(18)17-10-6-4-3-5-8(10)7-11(17)14(19)20/h8,10-11H,2-7H2,1H3,(H,19,20)/t8-,10-,11-/m0/s1. The molecule has 0 spiro atoms. The molecule has 3 atom stereocenters. The molecule has 0 unspecified atom stereocenters. The van der Waals surface area contributed by atoms with Gasteiger partial charge in [-0.05, 0) is 43.1 Å². The van der Waals surface area contributed by atoms with Crippen molar-refractivity contribution in [2.45, 2.75) is 57.5 Å². The largest absolute Gasteiger partial charge is 0.480 e. The van der Waals surface area contributed by atoms with E-state index in [0.29, 0.717) is 29.3 Å². The molecule has 0 radical (unpaired) electrons. The SMILES string of the molecule is CCc1nnsc1C(=O)N1[C@H](C(=O)O)C[C@@H]2CCCC[C@@H]21. The van der Waals surface area contributed by atoms with Crippen LogP contribution in [0.1, 0.15) is 54.4 Å². The third-order valence-electron chi connectivity index (χ3n) is 4.69. The topological polar surface area (TPSA) is 83.4 Å². The number of aliphatic carboxylic acids is 1. The van der Waals surface area contributed by atoms with E-state index in [1.54, 1.807) is 4.90 Å². The van der Waals surface area contributed by atoms with E-state index >= 15 is 0 Å². The lowest BCUT2D eigenvalue weighted by Gasteiger charge is -2.32. The number of carbonyl (C=O) groups is 2. The Morgan fingerprint density at radius 3 is 2.86 bits per heavy atom. The fourth-order valence-electron chi connectivity index (χ4n) is 3.69. The van der Waals surface area contributed by atoms with Crippen molar-refractivity contribution in [3.63, 3.8) is 0 Å². The molecule has 21 heavy (non-hydrogen) atoms. The molecule has 1 amide bonds. The number of carboxylic acid groups (broad SMARTS) is 1. The van der Waals surface area contributed by atoms with Crippen LogP contribution in [-0.2, 0) is 11.2 Å². The van der Waals surface area contributed by atoms with Gasteiger partial charge in [0.1, 0.15) is 10.9 Å².